The van der Waals surface area contributed by atoms with Crippen molar-refractivity contribution in [1.82, 2.24) is 0 Å². The Morgan fingerprint density at radius 1 is 0.690 bits per heavy atom. The van der Waals surface area contributed by atoms with Crippen molar-refractivity contribution in [2.45, 2.75) is 26.3 Å². The molecule has 0 unspecified atom stereocenters. The maximum atomic E-state index is 5.89. The SMILES string of the molecule is CCCCOc1ccccc1NCc1cccc(OCCOc2ccccc2)c1. The first kappa shape index (κ1) is 20.6. The van der Waals surface area contributed by atoms with E-state index in [2.05, 4.69) is 24.4 Å². The summed E-state index contributed by atoms with van der Waals surface area (Å²) in [5, 5.41) is 3.47. The van der Waals surface area contributed by atoms with Gasteiger partial charge in [0.1, 0.15) is 30.5 Å². The normalized spacial score (nSPS) is 10.4. The number of nitrogens with one attached hydrogen (secondary N) is 1. The third-order valence-electron chi connectivity index (χ3n) is 4.39. The molecular formula is C25H29NO3. The molecule has 4 nitrogen and oxygen atoms in total. The minimum Gasteiger partial charge on any atom is -0.491 e. The molecule has 0 bridgehead atoms. The maximum Gasteiger partial charge on any atom is 0.142 e. The van der Waals surface area contributed by atoms with Crippen LogP contribution in [0.1, 0.15) is 25.3 Å². The van der Waals surface area contributed by atoms with Gasteiger partial charge in [0, 0.05) is 6.54 Å². The van der Waals surface area contributed by atoms with Crippen LogP contribution in [0.2, 0.25) is 0 Å². The molecule has 0 fully saturated rings. The van der Waals surface area contributed by atoms with Crippen LogP contribution < -0.4 is 19.5 Å². The summed E-state index contributed by atoms with van der Waals surface area (Å²) in [6, 6.07) is 25.9. The number of anilines is 1. The highest BCUT2D eigenvalue weighted by Crippen LogP contribution is 2.25. The Kier molecular flexibility index (Phi) is 8.27. The Morgan fingerprint density at radius 3 is 2.24 bits per heavy atom. The van der Waals surface area contributed by atoms with E-state index in [4.69, 9.17) is 14.2 Å². The fourth-order valence-corrected chi connectivity index (χ4v) is 2.84. The number of para-hydroxylation sites is 3. The van der Waals surface area contributed by atoms with Crippen molar-refractivity contribution in [1.29, 1.82) is 0 Å². The third kappa shape index (κ3) is 7.07. The van der Waals surface area contributed by atoms with Crippen LogP contribution in [0.25, 0.3) is 0 Å². The molecule has 0 radical (unpaired) electrons. The molecule has 1 N–H and O–H groups in total. The van der Waals surface area contributed by atoms with Gasteiger partial charge in [0.25, 0.3) is 0 Å². The summed E-state index contributed by atoms with van der Waals surface area (Å²) in [5.41, 5.74) is 2.15. The minimum absolute atomic E-state index is 0.500. The van der Waals surface area contributed by atoms with Gasteiger partial charge in [-0.05, 0) is 48.4 Å². The quantitative estimate of drug-likeness (QED) is 0.388. The summed E-state index contributed by atoms with van der Waals surface area (Å²) in [6.45, 7) is 4.61. The molecule has 0 aromatic heterocycles. The maximum absolute atomic E-state index is 5.89. The van der Waals surface area contributed by atoms with E-state index in [-0.39, 0.29) is 0 Å². The lowest BCUT2D eigenvalue weighted by atomic mass is 10.2. The van der Waals surface area contributed by atoms with Crippen LogP contribution in [-0.4, -0.2) is 19.8 Å². The molecule has 4 heteroatoms. The van der Waals surface area contributed by atoms with Crippen LogP contribution >= 0.6 is 0 Å². The van der Waals surface area contributed by atoms with Gasteiger partial charge in [-0.3, -0.25) is 0 Å². The lowest BCUT2D eigenvalue weighted by molar-refractivity contribution is 0.217. The average molecular weight is 392 g/mol. The number of rotatable bonds is 12. The van der Waals surface area contributed by atoms with Gasteiger partial charge >= 0.3 is 0 Å². The van der Waals surface area contributed by atoms with E-state index in [1.54, 1.807) is 0 Å². The topological polar surface area (TPSA) is 39.7 Å². The Labute approximate surface area is 173 Å². The summed E-state index contributed by atoms with van der Waals surface area (Å²) < 4.78 is 17.4. The van der Waals surface area contributed by atoms with Crippen molar-refractivity contribution in [2.75, 3.05) is 25.1 Å². The molecule has 3 rings (SSSR count). The first-order valence-electron chi connectivity index (χ1n) is 10.2. The van der Waals surface area contributed by atoms with E-state index < -0.39 is 0 Å². The molecule has 3 aromatic carbocycles. The lowest BCUT2D eigenvalue weighted by Gasteiger charge is -2.14. The van der Waals surface area contributed by atoms with Crippen LogP contribution in [0.5, 0.6) is 17.2 Å². The lowest BCUT2D eigenvalue weighted by Crippen LogP contribution is -2.09. The molecule has 0 heterocycles. The average Bonchev–Trinajstić information content (AvgIpc) is 2.77. The van der Waals surface area contributed by atoms with E-state index in [0.717, 1.165) is 47.9 Å². The van der Waals surface area contributed by atoms with Crippen molar-refractivity contribution < 1.29 is 14.2 Å². The smallest absolute Gasteiger partial charge is 0.142 e. The number of hydrogen-bond donors (Lipinski definition) is 1. The first-order valence-corrected chi connectivity index (χ1v) is 10.2. The van der Waals surface area contributed by atoms with Gasteiger partial charge in [-0.25, -0.2) is 0 Å². The van der Waals surface area contributed by atoms with Gasteiger partial charge < -0.3 is 19.5 Å². The second kappa shape index (κ2) is 11.6. The fraction of sp³-hybridized carbons (Fsp3) is 0.280. The number of unbranched alkanes of at least 4 members (excludes halogenated alkanes) is 1. The van der Waals surface area contributed by atoms with Gasteiger partial charge in [-0.15, -0.1) is 0 Å². The van der Waals surface area contributed by atoms with Crippen LogP contribution in [0.4, 0.5) is 5.69 Å². The predicted octanol–water partition coefficient (Wildman–Crippen LogP) is 5.94. The largest absolute Gasteiger partial charge is 0.491 e. The summed E-state index contributed by atoms with van der Waals surface area (Å²) in [7, 11) is 0. The van der Waals surface area contributed by atoms with E-state index >= 15 is 0 Å². The van der Waals surface area contributed by atoms with E-state index in [0.29, 0.717) is 19.8 Å². The van der Waals surface area contributed by atoms with Gasteiger partial charge in [-0.2, -0.15) is 0 Å². The van der Waals surface area contributed by atoms with Crippen molar-refractivity contribution in [3.63, 3.8) is 0 Å². The summed E-state index contributed by atoms with van der Waals surface area (Å²) in [6.07, 6.45) is 2.18. The Hall–Kier alpha value is -3.14. The molecule has 152 valence electrons. The summed E-state index contributed by atoms with van der Waals surface area (Å²) in [5.74, 6) is 2.59. The van der Waals surface area contributed by atoms with Crippen LogP contribution in [0.15, 0.2) is 78.9 Å². The molecule has 0 aliphatic carbocycles. The van der Waals surface area contributed by atoms with Gasteiger partial charge in [0.15, 0.2) is 0 Å². The molecule has 29 heavy (non-hydrogen) atoms. The van der Waals surface area contributed by atoms with Crippen LogP contribution in [-0.2, 0) is 6.54 Å². The number of benzene rings is 3. The fourth-order valence-electron chi connectivity index (χ4n) is 2.84. The number of hydrogen-bond acceptors (Lipinski definition) is 4. The molecule has 0 saturated carbocycles. The molecule has 0 amide bonds. The minimum atomic E-state index is 0.500. The summed E-state index contributed by atoms with van der Waals surface area (Å²) in [4.78, 5) is 0. The number of ether oxygens (including phenoxy) is 3. The highest BCUT2D eigenvalue weighted by Gasteiger charge is 2.04. The van der Waals surface area contributed by atoms with E-state index in [9.17, 15) is 0 Å². The molecular weight excluding hydrogens is 362 g/mol. The summed E-state index contributed by atoms with van der Waals surface area (Å²) >= 11 is 0. The first-order chi connectivity index (χ1) is 14.3. The van der Waals surface area contributed by atoms with Crippen molar-refractivity contribution in [3.05, 3.63) is 84.4 Å². The van der Waals surface area contributed by atoms with E-state index in [1.165, 1.54) is 0 Å². The van der Waals surface area contributed by atoms with Crippen molar-refractivity contribution in [2.24, 2.45) is 0 Å². The highest BCUT2D eigenvalue weighted by atomic mass is 16.5. The van der Waals surface area contributed by atoms with Crippen LogP contribution in [0.3, 0.4) is 0 Å². The second-order valence-electron chi connectivity index (χ2n) is 6.71. The predicted molar refractivity (Wildman–Crippen MR) is 118 cm³/mol. The zero-order valence-corrected chi connectivity index (χ0v) is 17.0. The molecule has 0 spiro atoms. The zero-order valence-electron chi connectivity index (χ0n) is 17.0. The monoisotopic (exact) mass is 391 g/mol. The second-order valence-corrected chi connectivity index (χ2v) is 6.71. The molecule has 0 atom stereocenters. The zero-order chi connectivity index (χ0) is 20.2. The third-order valence-corrected chi connectivity index (χ3v) is 4.39. The molecule has 0 saturated heterocycles. The molecule has 3 aromatic rings. The van der Waals surface area contributed by atoms with Gasteiger partial charge in [0.2, 0.25) is 0 Å². The Balaban J connectivity index is 1.47. The molecule has 0 aliphatic rings. The Bertz CT molecular complexity index is 851. The standard InChI is InChI=1S/C25H29NO3/c1-2-3-16-29-25-15-8-7-14-24(25)26-20-21-10-9-13-23(19-21)28-18-17-27-22-11-5-4-6-12-22/h4-15,19,26H,2-3,16-18,20H2,1H3. The van der Waals surface area contributed by atoms with Crippen molar-refractivity contribution in [3.8, 4) is 17.2 Å². The van der Waals surface area contributed by atoms with Gasteiger partial charge in [0.05, 0.1) is 12.3 Å². The van der Waals surface area contributed by atoms with E-state index in [1.807, 2.05) is 66.7 Å². The molecule has 0 aliphatic heterocycles. The van der Waals surface area contributed by atoms with Crippen molar-refractivity contribution >= 4 is 5.69 Å². The van der Waals surface area contributed by atoms with Crippen LogP contribution in [0, 0.1) is 0 Å². The van der Waals surface area contributed by atoms with Gasteiger partial charge in [-0.1, -0.05) is 55.8 Å². The highest BCUT2D eigenvalue weighted by molar-refractivity contribution is 5.56. The Morgan fingerprint density at radius 2 is 1.41 bits per heavy atom.